The number of anilines is 1. The molecular formula is C17H14F5NO3. The summed E-state index contributed by atoms with van der Waals surface area (Å²) in [6.45, 7) is 2.14. The van der Waals surface area contributed by atoms with Crippen molar-refractivity contribution in [3.05, 3.63) is 52.8 Å². The van der Waals surface area contributed by atoms with Gasteiger partial charge in [-0.15, -0.1) is 0 Å². The molecule has 0 radical (unpaired) electrons. The second-order valence-electron chi connectivity index (χ2n) is 5.07. The van der Waals surface area contributed by atoms with Crippen LogP contribution in [-0.2, 0) is 11.2 Å². The van der Waals surface area contributed by atoms with Gasteiger partial charge >= 0.3 is 0 Å². The number of ether oxygens (including phenoxy) is 2. The first kappa shape index (κ1) is 19.5. The largest absolute Gasteiger partial charge is 0.493 e. The van der Waals surface area contributed by atoms with Gasteiger partial charge in [0.15, 0.2) is 34.8 Å². The molecule has 0 aliphatic heterocycles. The zero-order valence-corrected chi connectivity index (χ0v) is 13.8. The van der Waals surface area contributed by atoms with Gasteiger partial charge in [-0.05, 0) is 19.1 Å². The van der Waals surface area contributed by atoms with Crippen molar-refractivity contribution in [1.82, 2.24) is 0 Å². The number of methoxy groups -OCH3 is 1. The van der Waals surface area contributed by atoms with Crippen LogP contribution in [-0.4, -0.2) is 19.6 Å². The van der Waals surface area contributed by atoms with Gasteiger partial charge in [0.2, 0.25) is 11.7 Å². The molecule has 0 aliphatic carbocycles. The molecule has 2 rings (SSSR count). The molecular weight excluding hydrogens is 361 g/mol. The number of halogens is 5. The highest BCUT2D eigenvalue weighted by Crippen LogP contribution is 2.30. The number of rotatable bonds is 6. The molecule has 9 heteroatoms. The first-order valence-electron chi connectivity index (χ1n) is 7.41. The van der Waals surface area contributed by atoms with Crippen LogP contribution in [0, 0.1) is 29.1 Å². The topological polar surface area (TPSA) is 47.6 Å². The molecule has 4 nitrogen and oxygen atoms in total. The third-order valence-electron chi connectivity index (χ3n) is 3.39. The summed E-state index contributed by atoms with van der Waals surface area (Å²) in [5.41, 5.74) is -1.02. The lowest BCUT2D eigenvalue weighted by Gasteiger charge is -2.12. The van der Waals surface area contributed by atoms with Gasteiger partial charge in [-0.1, -0.05) is 0 Å². The normalized spacial score (nSPS) is 10.6. The summed E-state index contributed by atoms with van der Waals surface area (Å²) in [7, 11) is 1.37. The molecule has 26 heavy (non-hydrogen) atoms. The van der Waals surface area contributed by atoms with Crippen molar-refractivity contribution in [2.24, 2.45) is 0 Å². The molecule has 2 aromatic carbocycles. The maximum absolute atomic E-state index is 13.6. The Bertz CT molecular complexity index is 813. The zero-order chi connectivity index (χ0) is 19.4. The molecule has 0 heterocycles. The first-order valence-corrected chi connectivity index (χ1v) is 7.41. The Balaban J connectivity index is 2.22. The lowest BCUT2D eigenvalue weighted by atomic mass is 10.1. The molecule has 1 N–H and O–H groups in total. The second-order valence-corrected chi connectivity index (χ2v) is 5.07. The monoisotopic (exact) mass is 375 g/mol. The summed E-state index contributed by atoms with van der Waals surface area (Å²) in [4.78, 5) is 11.9. The van der Waals surface area contributed by atoms with Crippen molar-refractivity contribution in [2.75, 3.05) is 19.0 Å². The molecule has 0 fully saturated rings. The molecule has 0 saturated heterocycles. The molecule has 0 atom stereocenters. The van der Waals surface area contributed by atoms with Crippen LogP contribution in [0.1, 0.15) is 12.5 Å². The van der Waals surface area contributed by atoms with E-state index < -0.39 is 47.0 Å². The summed E-state index contributed by atoms with van der Waals surface area (Å²) < 4.78 is 77.0. The predicted molar refractivity (Wildman–Crippen MR) is 82.7 cm³/mol. The van der Waals surface area contributed by atoms with Gasteiger partial charge in [-0.25, -0.2) is 22.0 Å². The van der Waals surface area contributed by atoms with E-state index in [1.807, 2.05) is 0 Å². The van der Waals surface area contributed by atoms with E-state index in [-0.39, 0.29) is 5.69 Å². The Labute approximate surface area is 145 Å². The number of hydrogen-bond donors (Lipinski definition) is 1. The van der Waals surface area contributed by atoms with E-state index in [9.17, 15) is 26.7 Å². The molecule has 0 aliphatic rings. The van der Waals surface area contributed by atoms with E-state index in [1.165, 1.54) is 25.3 Å². The van der Waals surface area contributed by atoms with Crippen molar-refractivity contribution in [1.29, 1.82) is 0 Å². The van der Waals surface area contributed by atoms with Gasteiger partial charge in [0.1, 0.15) is 0 Å². The molecule has 0 saturated carbocycles. The maximum atomic E-state index is 13.6. The number of amides is 1. The Kier molecular flexibility index (Phi) is 6.01. The molecule has 0 unspecified atom stereocenters. The minimum atomic E-state index is -2.28. The lowest BCUT2D eigenvalue weighted by Crippen LogP contribution is -2.18. The summed E-state index contributed by atoms with van der Waals surface area (Å²) >= 11 is 0. The van der Waals surface area contributed by atoms with Crippen LogP contribution >= 0.6 is 0 Å². The van der Waals surface area contributed by atoms with Gasteiger partial charge < -0.3 is 14.8 Å². The van der Waals surface area contributed by atoms with Gasteiger partial charge in [-0.2, -0.15) is 0 Å². The average molecular weight is 375 g/mol. The Morgan fingerprint density at radius 3 is 2.08 bits per heavy atom. The average Bonchev–Trinajstić information content (AvgIpc) is 2.63. The number of carbonyl (C=O) groups excluding carboxylic acids is 1. The molecule has 0 bridgehead atoms. The van der Waals surface area contributed by atoms with Crippen LogP contribution in [0.3, 0.4) is 0 Å². The number of hydrogen-bond acceptors (Lipinski definition) is 3. The van der Waals surface area contributed by atoms with Crippen LogP contribution in [0.2, 0.25) is 0 Å². The number of benzene rings is 2. The summed E-state index contributed by atoms with van der Waals surface area (Å²) in [6.07, 6.45) is -1.04. The van der Waals surface area contributed by atoms with Gasteiger partial charge in [0.05, 0.1) is 20.1 Å². The van der Waals surface area contributed by atoms with E-state index in [0.29, 0.717) is 18.1 Å². The van der Waals surface area contributed by atoms with Crippen LogP contribution in [0.25, 0.3) is 0 Å². The fourth-order valence-electron chi connectivity index (χ4n) is 2.19. The Hall–Kier alpha value is -2.84. The Morgan fingerprint density at radius 1 is 0.962 bits per heavy atom. The first-order chi connectivity index (χ1) is 12.3. The zero-order valence-electron chi connectivity index (χ0n) is 13.8. The second kappa shape index (κ2) is 8.03. The molecule has 1 amide bonds. The molecule has 0 spiro atoms. The smallest absolute Gasteiger partial charge is 0.229 e. The third kappa shape index (κ3) is 3.87. The molecule has 140 valence electrons. The van der Waals surface area contributed by atoms with Crippen LogP contribution < -0.4 is 14.8 Å². The SMILES string of the molecule is CCOc1ccc(NC(=O)Cc2c(F)c(F)c(F)c(F)c2F)cc1OC. The summed E-state index contributed by atoms with van der Waals surface area (Å²) in [5.74, 6) is -10.8. The number of nitrogens with one attached hydrogen (secondary N) is 1. The maximum Gasteiger partial charge on any atom is 0.229 e. The highest BCUT2D eigenvalue weighted by atomic mass is 19.2. The van der Waals surface area contributed by atoms with Gasteiger partial charge in [-0.3, -0.25) is 4.79 Å². The number of carbonyl (C=O) groups is 1. The predicted octanol–water partition coefficient (Wildman–Crippen LogP) is 3.97. The van der Waals surface area contributed by atoms with E-state index >= 15 is 0 Å². The van der Waals surface area contributed by atoms with Crippen molar-refractivity contribution in [3.8, 4) is 11.5 Å². The van der Waals surface area contributed by atoms with Gasteiger partial charge in [0, 0.05) is 17.3 Å². The van der Waals surface area contributed by atoms with E-state index in [0.717, 1.165) is 0 Å². The minimum absolute atomic E-state index is 0.194. The Morgan fingerprint density at radius 2 is 1.54 bits per heavy atom. The third-order valence-corrected chi connectivity index (χ3v) is 3.39. The van der Waals surface area contributed by atoms with Crippen molar-refractivity contribution < 1.29 is 36.2 Å². The van der Waals surface area contributed by atoms with Crippen LogP contribution in [0.5, 0.6) is 11.5 Å². The standard InChI is InChI=1S/C17H14F5NO3/c1-3-26-10-5-4-8(6-11(10)25-2)23-12(24)7-9-13(18)15(20)17(22)16(21)14(9)19/h4-6H,3,7H2,1-2H3,(H,23,24). The lowest BCUT2D eigenvalue weighted by molar-refractivity contribution is -0.115. The van der Waals surface area contributed by atoms with E-state index in [4.69, 9.17) is 9.47 Å². The van der Waals surface area contributed by atoms with Crippen molar-refractivity contribution >= 4 is 11.6 Å². The highest BCUT2D eigenvalue weighted by Gasteiger charge is 2.26. The van der Waals surface area contributed by atoms with Crippen molar-refractivity contribution in [2.45, 2.75) is 13.3 Å². The van der Waals surface area contributed by atoms with Crippen LogP contribution in [0.4, 0.5) is 27.6 Å². The van der Waals surface area contributed by atoms with E-state index in [2.05, 4.69) is 5.32 Å². The van der Waals surface area contributed by atoms with E-state index in [1.54, 1.807) is 6.92 Å². The van der Waals surface area contributed by atoms with Gasteiger partial charge in [0.25, 0.3) is 0 Å². The quantitative estimate of drug-likeness (QED) is 0.472. The molecule has 0 aromatic heterocycles. The fraction of sp³-hybridized carbons (Fsp3) is 0.235. The summed E-state index contributed by atoms with van der Waals surface area (Å²) in [5, 5.41) is 2.30. The fourth-order valence-corrected chi connectivity index (χ4v) is 2.19. The van der Waals surface area contributed by atoms with Crippen molar-refractivity contribution in [3.63, 3.8) is 0 Å². The minimum Gasteiger partial charge on any atom is -0.493 e. The van der Waals surface area contributed by atoms with Crippen LogP contribution in [0.15, 0.2) is 18.2 Å². The highest BCUT2D eigenvalue weighted by molar-refractivity contribution is 5.92. The summed E-state index contributed by atoms with van der Waals surface area (Å²) in [6, 6.07) is 4.32. The molecule has 2 aromatic rings.